The molecule has 0 atom stereocenters. The van der Waals surface area contributed by atoms with Gasteiger partial charge in [-0.3, -0.25) is 18.7 Å². The molecule has 1 aliphatic heterocycles. The number of carbonyl (C=O) groups excluding carboxylic acids is 2. The van der Waals surface area contributed by atoms with Crippen LogP contribution >= 0.6 is 31.1 Å². The van der Waals surface area contributed by atoms with Crippen LogP contribution in [0, 0.1) is 34.3 Å². The third-order valence-corrected chi connectivity index (χ3v) is 22.6. The zero-order chi connectivity index (χ0) is 62.4. The van der Waals surface area contributed by atoms with Gasteiger partial charge in [0.2, 0.25) is 0 Å². The van der Waals surface area contributed by atoms with Gasteiger partial charge >= 0.3 is 22.3 Å². The van der Waals surface area contributed by atoms with E-state index in [1.54, 1.807) is 27.7 Å². The molecular weight excluding hydrogens is 1240 g/mol. The summed E-state index contributed by atoms with van der Waals surface area (Å²) in [6.07, 6.45) is 2.40. The van der Waals surface area contributed by atoms with Crippen LogP contribution in [0.15, 0.2) is 112 Å². The topological polar surface area (TPSA) is 343 Å². The third kappa shape index (κ3) is 18.0. The van der Waals surface area contributed by atoms with Crippen LogP contribution in [0.4, 0.5) is 20.4 Å². The lowest BCUT2D eigenvalue weighted by Gasteiger charge is -2.32. The monoisotopic (exact) mass is 1300 g/mol. The van der Waals surface area contributed by atoms with Crippen molar-refractivity contribution in [3.63, 3.8) is 0 Å². The molecule has 1 aliphatic rings. The minimum absolute atomic E-state index is 0.0139. The molecule has 0 spiro atoms. The van der Waals surface area contributed by atoms with Gasteiger partial charge in [0.05, 0.1) is 88.8 Å². The van der Waals surface area contributed by atoms with Crippen molar-refractivity contribution in [2.24, 2.45) is 0 Å². The van der Waals surface area contributed by atoms with Crippen molar-refractivity contribution in [2.45, 2.75) is 89.2 Å². The fraction of sp³-hybridized carbons (Fsp3) is 0.333. The number of nitrogens with two attached hydrogens (primary N) is 2. The van der Waals surface area contributed by atoms with Crippen molar-refractivity contribution in [3.8, 4) is 23.4 Å². The molecule has 0 amide bonds. The Balaban J connectivity index is 0.000000244. The van der Waals surface area contributed by atoms with Gasteiger partial charge in [-0.05, 0) is 143 Å². The SMILES string of the molecule is CC1(C)OB(c2cc(F)ccc2C#N)OC1(C)C.CCOP(=O)(CS(=O)(=O)c1ccc(CC(=O)c2nc(-c3cc(F)ccc3C#N)cnc2N)cc1)OCC.CCOP(=O)(CS(=O)(=O)c1ccc(CC(=O)c2nc(Br)cnc2N)cc1)OCC. The van der Waals surface area contributed by atoms with Gasteiger partial charge in [-0.2, -0.15) is 10.5 Å². The Morgan fingerprint density at radius 2 is 1.02 bits per heavy atom. The summed E-state index contributed by atoms with van der Waals surface area (Å²) in [6.45, 7) is 14.2. The molecule has 22 nitrogen and oxygen atoms in total. The van der Waals surface area contributed by atoms with Crippen LogP contribution in [0.25, 0.3) is 11.3 Å². The van der Waals surface area contributed by atoms with E-state index in [0.29, 0.717) is 26.8 Å². The van der Waals surface area contributed by atoms with Gasteiger partial charge in [0.25, 0.3) is 0 Å². The van der Waals surface area contributed by atoms with E-state index in [4.69, 9.17) is 44.1 Å². The molecule has 3 heterocycles. The predicted molar refractivity (Wildman–Crippen MR) is 312 cm³/mol. The summed E-state index contributed by atoms with van der Waals surface area (Å²) in [5.74, 6) is -2.00. The second-order valence-electron chi connectivity index (χ2n) is 19.0. The van der Waals surface area contributed by atoms with Gasteiger partial charge in [0, 0.05) is 23.9 Å². The summed E-state index contributed by atoms with van der Waals surface area (Å²) in [6, 6.07) is 22.6. The summed E-state index contributed by atoms with van der Waals surface area (Å²) < 4.78 is 135. The number of sulfone groups is 2. The number of nitriles is 2. The molecule has 84 heavy (non-hydrogen) atoms. The number of carbonyl (C=O) groups is 2. The highest BCUT2D eigenvalue weighted by Crippen LogP contribution is 2.51. The number of hydrogen-bond acceptors (Lipinski definition) is 22. The molecule has 30 heteroatoms. The highest BCUT2D eigenvalue weighted by Gasteiger charge is 2.52. The first-order valence-corrected chi connectivity index (χ1v) is 33.1. The van der Waals surface area contributed by atoms with Crippen LogP contribution in [-0.2, 0) is 69.0 Å². The molecular formula is C54H60BBrF2N8O14P2S2. The van der Waals surface area contributed by atoms with Gasteiger partial charge < -0.3 is 38.9 Å². The van der Waals surface area contributed by atoms with Gasteiger partial charge in [-0.25, -0.2) is 45.6 Å². The highest BCUT2D eigenvalue weighted by molar-refractivity contribution is 9.10. The molecule has 4 N–H and O–H groups in total. The van der Waals surface area contributed by atoms with E-state index < -0.39 is 81.6 Å². The molecule has 4 aromatic carbocycles. The molecule has 0 aliphatic carbocycles. The second kappa shape index (κ2) is 29.0. The number of Topliss-reactive ketones (excluding diaryl/α,β-unsaturated/α-hetero) is 2. The molecule has 446 valence electrons. The lowest BCUT2D eigenvalue weighted by Crippen LogP contribution is -2.41. The van der Waals surface area contributed by atoms with Crippen molar-refractivity contribution in [2.75, 3.05) is 48.9 Å². The molecule has 0 radical (unpaired) electrons. The largest absolute Gasteiger partial charge is 0.496 e. The fourth-order valence-corrected chi connectivity index (χ4v) is 16.5. The Hall–Kier alpha value is -6.52. The number of aromatic nitrogens is 4. The summed E-state index contributed by atoms with van der Waals surface area (Å²) in [4.78, 5) is 41.3. The van der Waals surface area contributed by atoms with Crippen LogP contribution < -0.4 is 16.9 Å². The number of benzene rings is 4. The number of hydrogen-bond donors (Lipinski definition) is 2. The number of rotatable bonds is 22. The third-order valence-electron chi connectivity index (χ3n) is 12.4. The van der Waals surface area contributed by atoms with E-state index in [9.17, 15) is 49.6 Å². The Morgan fingerprint density at radius 3 is 1.44 bits per heavy atom. The maximum Gasteiger partial charge on any atom is 0.496 e. The molecule has 7 rings (SSSR count). The predicted octanol–water partition coefficient (Wildman–Crippen LogP) is 9.40. The van der Waals surface area contributed by atoms with Crippen molar-refractivity contribution >= 4 is 86.6 Å². The van der Waals surface area contributed by atoms with Crippen LogP contribution in [0.2, 0.25) is 0 Å². The van der Waals surface area contributed by atoms with Crippen LogP contribution in [0.3, 0.4) is 0 Å². The van der Waals surface area contributed by atoms with Crippen molar-refractivity contribution in [1.29, 1.82) is 10.5 Å². The van der Waals surface area contributed by atoms with Gasteiger partial charge in [0.1, 0.15) is 27.6 Å². The molecule has 1 saturated heterocycles. The minimum Gasteiger partial charge on any atom is -0.399 e. The average molecular weight is 1300 g/mol. The Kier molecular flexibility index (Phi) is 23.6. The number of halogens is 3. The highest BCUT2D eigenvalue weighted by atomic mass is 79.9. The van der Waals surface area contributed by atoms with Crippen LogP contribution in [-0.4, -0.2) is 104 Å². The fourth-order valence-electron chi connectivity index (χ4n) is 7.69. The number of nitrogen functional groups attached to an aromatic ring is 2. The van der Waals surface area contributed by atoms with E-state index in [2.05, 4.69) is 35.9 Å². The van der Waals surface area contributed by atoms with Gasteiger partial charge in [-0.1, -0.05) is 24.3 Å². The van der Waals surface area contributed by atoms with Gasteiger partial charge in [-0.15, -0.1) is 0 Å². The van der Waals surface area contributed by atoms with Crippen molar-refractivity contribution in [1.82, 2.24) is 19.9 Å². The minimum atomic E-state index is -4.01. The molecule has 0 unspecified atom stereocenters. The maximum absolute atomic E-state index is 13.8. The van der Waals surface area contributed by atoms with Crippen LogP contribution in [0.1, 0.15) is 98.6 Å². The Morgan fingerprint density at radius 1 is 0.631 bits per heavy atom. The first-order chi connectivity index (χ1) is 39.4. The average Bonchev–Trinajstić information content (AvgIpc) is 3.42. The van der Waals surface area contributed by atoms with E-state index in [-0.39, 0.29) is 94.7 Å². The van der Waals surface area contributed by atoms with E-state index >= 15 is 0 Å². The number of ketones is 2. The number of nitrogens with zero attached hydrogens (tertiary/aromatic N) is 6. The molecule has 0 saturated carbocycles. The summed E-state index contributed by atoms with van der Waals surface area (Å²) in [7, 11) is -16.2. The summed E-state index contributed by atoms with van der Waals surface area (Å²) in [5.41, 5.74) is 11.1. The summed E-state index contributed by atoms with van der Waals surface area (Å²) >= 11 is 3.14. The quantitative estimate of drug-likeness (QED) is 0.0363. The van der Waals surface area contributed by atoms with Crippen molar-refractivity contribution < 1.29 is 71.7 Å². The Bertz CT molecular complexity index is 3770. The standard InChI is InChI=1S/C24H24FN4O6PS.C17H21BrN3O6PS.C13H15BFNO2/c1-3-34-36(31,35-4-2)15-37(32,33)19-9-5-16(6-10-19)11-22(30)23-24(27)28-14-21(29-23)20-12-18(25)8-7-17(20)13-26;1-3-26-28(23,27-4-2)11-29(24,25)13-7-5-12(6-8-13)9-14(22)16-17(19)20-10-15(18)21-16;1-12(2)13(3,4)18-14(17-12)11-7-10(15)6-5-9(11)8-16/h5-10,12,14H,3-4,11,15H2,1-2H3,(H2,27,28);5-8,10H,3-4,9,11H2,1-2H3,(H2,19,20);5-7H,1-4H3. The molecule has 1 fully saturated rings. The Labute approximate surface area is 494 Å². The van der Waals surface area contributed by atoms with Crippen molar-refractivity contribution in [3.05, 3.63) is 147 Å². The van der Waals surface area contributed by atoms with E-state index in [1.807, 2.05) is 39.8 Å². The van der Waals surface area contributed by atoms with E-state index in [1.165, 1.54) is 85.2 Å². The van der Waals surface area contributed by atoms with Gasteiger partial charge in [0.15, 0.2) is 53.9 Å². The second-order valence-corrected chi connectivity index (χ2v) is 28.8. The normalized spacial score (nSPS) is 13.8. The summed E-state index contributed by atoms with van der Waals surface area (Å²) in [5, 5.41) is 18.4. The molecule has 0 bridgehead atoms. The van der Waals surface area contributed by atoms with E-state index in [0.717, 1.165) is 12.1 Å². The lowest BCUT2D eigenvalue weighted by molar-refractivity contribution is 0.00578. The molecule has 2 aromatic heterocycles. The first kappa shape index (κ1) is 68.3. The maximum atomic E-state index is 13.8. The molecule has 6 aromatic rings. The number of anilines is 2. The zero-order valence-electron chi connectivity index (χ0n) is 46.9. The smallest absolute Gasteiger partial charge is 0.399 e. The van der Waals surface area contributed by atoms with Crippen LogP contribution in [0.5, 0.6) is 0 Å². The zero-order valence-corrected chi connectivity index (χ0v) is 51.9. The first-order valence-electron chi connectivity index (χ1n) is 25.5. The lowest BCUT2D eigenvalue weighted by atomic mass is 9.76.